The van der Waals surface area contributed by atoms with Crippen LogP contribution in [-0.2, 0) is 14.8 Å². The van der Waals surface area contributed by atoms with Crippen LogP contribution >= 0.6 is 0 Å². The lowest BCUT2D eigenvalue weighted by Crippen LogP contribution is -2.35. The fraction of sp³-hybridized carbons (Fsp3) is 0.364. The summed E-state index contributed by atoms with van der Waals surface area (Å²) in [6.07, 6.45) is -0.395. The van der Waals surface area contributed by atoms with Crippen molar-refractivity contribution in [2.45, 2.75) is 4.90 Å². The van der Waals surface area contributed by atoms with Gasteiger partial charge in [0.15, 0.2) is 0 Å². The lowest BCUT2D eigenvalue weighted by molar-refractivity contribution is 0.159. The van der Waals surface area contributed by atoms with Gasteiger partial charge in [-0.3, -0.25) is 0 Å². The Bertz CT molecular complexity index is 515. The molecule has 0 bridgehead atoms. The molecule has 7 heteroatoms. The Labute approximate surface area is 106 Å². The van der Waals surface area contributed by atoms with E-state index in [1.54, 1.807) is 18.2 Å². The van der Waals surface area contributed by atoms with Crippen LogP contribution < -0.4 is 4.72 Å². The largest absolute Gasteiger partial charge is 0.448 e. The van der Waals surface area contributed by atoms with Gasteiger partial charge in [-0.15, -0.1) is 0 Å². The summed E-state index contributed by atoms with van der Waals surface area (Å²) >= 11 is 0. The highest BCUT2D eigenvalue weighted by atomic mass is 32.2. The highest BCUT2D eigenvalue weighted by Crippen LogP contribution is 2.07. The molecule has 1 fully saturated rings. The van der Waals surface area contributed by atoms with E-state index < -0.39 is 16.1 Å². The zero-order valence-corrected chi connectivity index (χ0v) is 10.5. The standard InChI is InChI=1S/C11H14N2O4S/c14-11-13(8-9-17-11)7-6-12-18(15,16)10-4-2-1-3-5-10/h1-5,12H,6-9H2. The number of hydrogen-bond donors (Lipinski definition) is 1. The molecule has 1 N–H and O–H groups in total. The van der Waals surface area contributed by atoms with E-state index in [0.29, 0.717) is 19.7 Å². The van der Waals surface area contributed by atoms with Gasteiger partial charge in [0.2, 0.25) is 10.0 Å². The van der Waals surface area contributed by atoms with Crippen molar-refractivity contribution in [1.29, 1.82) is 0 Å². The second kappa shape index (κ2) is 5.36. The minimum Gasteiger partial charge on any atom is -0.448 e. The van der Waals surface area contributed by atoms with Crippen LogP contribution in [0.25, 0.3) is 0 Å². The SMILES string of the molecule is O=C1OCCN1CCNS(=O)(=O)c1ccccc1. The maximum atomic E-state index is 11.8. The summed E-state index contributed by atoms with van der Waals surface area (Å²) in [5.74, 6) is 0. The normalized spacial score (nSPS) is 15.8. The van der Waals surface area contributed by atoms with Crippen LogP contribution in [0.2, 0.25) is 0 Å². The molecule has 6 nitrogen and oxygen atoms in total. The topological polar surface area (TPSA) is 75.7 Å². The predicted molar refractivity (Wildman–Crippen MR) is 64.6 cm³/mol. The third kappa shape index (κ3) is 2.99. The molecule has 1 saturated heterocycles. The lowest BCUT2D eigenvalue weighted by atomic mass is 10.4. The molecule has 0 spiro atoms. The lowest BCUT2D eigenvalue weighted by Gasteiger charge is -2.13. The monoisotopic (exact) mass is 270 g/mol. The van der Waals surface area contributed by atoms with Crippen molar-refractivity contribution in [3.05, 3.63) is 30.3 Å². The van der Waals surface area contributed by atoms with Gasteiger partial charge >= 0.3 is 6.09 Å². The van der Waals surface area contributed by atoms with Gasteiger partial charge in [-0.2, -0.15) is 0 Å². The fourth-order valence-electron chi connectivity index (χ4n) is 1.63. The van der Waals surface area contributed by atoms with E-state index >= 15 is 0 Å². The second-order valence-corrected chi connectivity index (χ2v) is 5.58. The van der Waals surface area contributed by atoms with Crippen molar-refractivity contribution in [3.63, 3.8) is 0 Å². The van der Waals surface area contributed by atoms with Crippen molar-refractivity contribution in [2.75, 3.05) is 26.2 Å². The van der Waals surface area contributed by atoms with Gasteiger partial charge in [-0.1, -0.05) is 18.2 Å². The van der Waals surface area contributed by atoms with E-state index in [-0.39, 0.29) is 11.4 Å². The Balaban J connectivity index is 1.88. The van der Waals surface area contributed by atoms with E-state index in [2.05, 4.69) is 4.72 Å². The maximum absolute atomic E-state index is 11.8. The van der Waals surface area contributed by atoms with E-state index in [9.17, 15) is 13.2 Å². The fourth-order valence-corrected chi connectivity index (χ4v) is 2.67. The Kier molecular flexibility index (Phi) is 3.83. The van der Waals surface area contributed by atoms with Gasteiger partial charge in [0.1, 0.15) is 6.61 Å². The van der Waals surface area contributed by atoms with Crippen LogP contribution in [0.4, 0.5) is 4.79 Å². The van der Waals surface area contributed by atoms with Crippen LogP contribution in [0.3, 0.4) is 0 Å². The molecule has 98 valence electrons. The zero-order valence-electron chi connectivity index (χ0n) is 9.70. The molecule has 1 amide bonds. The molecule has 0 unspecified atom stereocenters. The number of amides is 1. The molecule has 2 rings (SSSR count). The van der Waals surface area contributed by atoms with Crippen LogP contribution in [0.5, 0.6) is 0 Å². The summed E-state index contributed by atoms with van der Waals surface area (Å²) in [4.78, 5) is 12.8. The smallest absolute Gasteiger partial charge is 0.409 e. The minimum atomic E-state index is -3.50. The average Bonchev–Trinajstić information content (AvgIpc) is 2.76. The van der Waals surface area contributed by atoms with Gasteiger partial charge in [-0.25, -0.2) is 17.9 Å². The number of hydrogen-bond acceptors (Lipinski definition) is 4. The van der Waals surface area contributed by atoms with Crippen LogP contribution in [0.1, 0.15) is 0 Å². The minimum absolute atomic E-state index is 0.173. The third-order valence-corrected chi connectivity index (χ3v) is 4.05. The quantitative estimate of drug-likeness (QED) is 0.841. The summed E-state index contributed by atoms with van der Waals surface area (Å²) in [6.45, 7) is 1.35. The number of sulfonamides is 1. The van der Waals surface area contributed by atoms with Gasteiger partial charge < -0.3 is 9.64 Å². The van der Waals surface area contributed by atoms with E-state index in [4.69, 9.17) is 4.74 Å². The van der Waals surface area contributed by atoms with Crippen LogP contribution in [0.15, 0.2) is 35.2 Å². The molecule has 1 aromatic rings. The molecule has 0 aromatic heterocycles. The summed E-state index contributed by atoms with van der Waals surface area (Å²) in [5.41, 5.74) is 0. The van der Waals surface area contributed by atoms with Gasteiger partial charge in [0.25, 0.3) is 0 Å². The van der Waals surface area contributed by atoms with E-state index in [1.165, 1.54) is 17.0 Å². The molecule has 1 aromatic carbocycles. The Morgan fingerprint density at radius 2 is 2.00 bits per heavy atom. The van der Waals surface area contributed by atoms with Gasteiger partial charge in [0.05, 0.1) is 11.4 Å². The summed E-state index contributed by atoms with van der Waals surface area (Å²) in [6, 6.07) is 8.11. The molecular weight excluding hydrogens is 256 g/mol. The number of rotatable bonds is 5. The number of nitrogens with one attached hydrogen (secondary N) is 1. The first-order chi connectivity index (χ1) is 8.59. The third-order valence-electron chi connectivity index (χ3n) is 2.57. The highest BCUT2D eigenvalue weighted by Gasteiger charge is 2.22. The molecule has 0 radical (unpaired) electrons. The van der Waals surface area contributed by atoms with E-state index in [1.807, 2.05) is 0 Å². The highest BCUT2D eigenvalue weighted by molar-refractivity contribution is 7.89. The Hall–Kier alpha value is -1.60. The zero-order chi connectivity index (χ0) is 13.0. The number of nitrogens with zero attached hydrogens (tertiary/aromatic N) is 1. The van der Waals surface area contributed by atoms with Crippen molar-refractivity contribution in [2.24, 2.45) is 0 Å². The van der Waals surface area contributed by atoms with Crippen LogP contribution in [0, 0.1) is 0 Å². The summed E-state index contributed by atoms with van der Waals surface area (Å²) < 4.78 is 30.9. The molecule has 18 heavy (non-hydrogen) atoms. The van der Waals surface area contributed by atoms with Crippen LogP contribution in [-0.4, -0.2) is 45.7 Å². The number of ether oxygens (including phenoxy) is 1. The Morgan fingerprint density at radius 1 is 1.28 bits per heavy atom. The molecule has 1 aliphatic rings. The number of benzene rings is 1. The Morgan fingerprint density at radius 3 is 2.61 bits per heavy atom. The van der Waals surface area contributed by atoms with Gasteiger partial charge in [-0.05, 0) is 12.1 Å². The predicted octanol–water partition coefficient (Wildman–Crippen LogP) is 0.417. The number of carbonyl (C=O) groups is 1. The number of carbonyl (C=O) groups excluding carboxylic acids is 1. The second-order valence-electron chi connectivity index (χ2n) is 3.81. The first kappa shape index (κ1) is 12.8. The summed E-state index contributed by atoms with van der Waals surface area (Å²) in [5, 5.41) is 0. The van der Waals surface area contributed by atoms with Crippen molar-refractivity contribution in [3.8, 4) is 0 Å². The van der Waals surface area contributed by atoms with Gasteiger partial charge in [0, 0.05) is 13.1 Å². The molecule has 0 atom stereocenters. The molecule has 1 aliphatic heterocycles. The average molecular weight is 270 g/mol. The summed E-state index contributed by atoms with van der Waals surface area (Å²) in [7, 11) is -3.50. The van der Waals surface area contributed by atoms with Crippen molar-refractivity contribution >= 4 is 16.1 Å². The maximum Gasteiger partial charge on any atom is 0.409 e. The van der Waals surface area contributed by atoms with Crippen molar-refractivity contribution < 1.29 is 17.9 Å². The van der Waals surface area contributed by atoms with Crippen molar-refractivity contribution in [1.82, 2.24) is 9.62 Å². The first-order valence-electron chi connectivity index (χ1n) is 5.56. The molecule has 1 heterocycles. The first-order valence-corrected chi connectivity index (χ1v) is 7.04. The molecular formula is C11H14N2O4S. The molecule has 0 saturated carbocycles. The molecule has 0 aliphatic carbocycles. The van der Waals surface area contributed by atoms with E-state index in [0.717, 1.165) is 0 Å². The number of cyclic esters (lactones) is 1.